The molecule has 1 aliphatic heterocycles. The number of likely N-dealkylation sites (N-methyl/N-ethyl adjacent to an activating group) is 1. The van der Waals surface area contributed by atoms with Gasteiger partial charge >= 0.3 is 0 Å². The Balaban J connectivity index is 2.17. The second-order valence-corrected chi connectivity index (χ2v) is 4.48. The van der Waals surface area contributed by atoms with E-state index in [-0.39, 0.29) is 12.6 Å². The summed E-state index contributed by atoms with van der Waals surface area (Å²) in [6, 6.07) is 10.6. The Morgan fingerprint density at radius 3 is 2.69 bits per heavy atom. The highest BCUT2D eigenvalue weighted by Gasteiger charge is 2.22. The molecular formula is C13H20N2O. The minimum Gasteiger partial charge on any atom is -0.394 e. The van der Waals surface area contributed by atoms with Gasteiger partial charge in [-0.3, -0.25) is 0 Å². The van der Waals surface area contributed by atoms with E-state index in [1.807, 2.05) is 6.07 Å². The lowest BCUT2D eigenvalue weighted by atomic mass is 10.2. The Labute approximate surface area is 97.3 Å². The van der Waals surface area contributed by atoms with Crippen molar-refractivity contribution in [3.05, 3.63) is 30.3 Å². The third-order valence-electron chi connectivity index (χ3n) is 3.20. The smallest absolute Gasteiger partial charge is 0.0647 e. The lowest BCUT2D eigenvalue weighted by Gasteiger charge is -2.31. The summed E-state index contributed by atoms with van der Waals surface area (Å²) in [4.78, 5) is 4.62. The van der Waals surface area contributed by atoms with Gasteiger partial charge in [0.2, 0.25) is 0 Å². The Kier molecular flexibility index (Phi) is 3.80. The van der Waals surface area contributed by atoms with Crippen LogP contribution in [-0.4, -0.2) is 49.3 Å². The standard InChI is InChI=1S/C13H20N2O/c1-14-8-5-9-15(13(10-14)11-16)12-6-3-2-4-7-12/h2-4,6-7,13,16H,5,8-11H2,1H3. The Bertz CT molecular complexity index is 315. The van der Waals surface area contributed by atoms with Crippen molar-refractivity contribution in [3.8, 4) is 0 Å². The van der Waals surface area contributed by atoms with Crippen molar-refractivity contribution in [1.29, 1.82) is 0 Å². The minimum atomic E-state index is 0.217. The summed E-state index contributed by atoms with van der Waals surface area (Å²) in [7, 11) is 2.12. The van der Waals surface area contributed by atoms with Gasteiger partial charge in [-0.05, 0) is 32.1 Å². The molecule has 16 heavy (non-hydrogen) atoms. The fraction of sp³-hybridized carbons (Fsp3) is 0.538. The number of anilines is 1. The number of rotatable bonds is 2. The Hall–Kier alpha value is -1.06. The van der Waals surface area contributed by atoms with Crippen LogP contribution in [0.25, 0.3) is 0 Å². The van der Waals surface area contributed by atoms with Gasteiger partial charge in [-0.25, -0.2) is 0 Å². The molecule has 0 bridgehead atoms. The van der Waals surface area contributed by atoms with Gasteiger partial charge in [0.25, 0.3) is 0 Å². The maximum atomic E-state index is 9.50. The molecule has 0 aliphatic carbocycles. The van der Waals surface area contributed by atoms with Gasteiger partial charge in [-0.2, -0.15) is 0 Å². The highest BCUT2D eigenvalue weighted by molar-refractivity contribution is 5.47. The topological polar surface area (TPSA) is 26.7 Å². The van der Waals surface area contributed by atoms with E-state index >= 15 is 0 Å². The number of aliphatic hydroxyl groups is 1. The first-order valence-corrected chi connectivity index (χ1v) is 5.92. The second-order valence-electron chi connectivity index (χ2n) is 4.48. The van der Waals surface area contributed by atoms with Gasteiger partial charge in [0.1, 0.15) is 0 Å². The summed E-state index contributed by atoms with van der Waals surface area (Å²) in [6.45, 7) is 3.30. The van der Waals surface area contributed by atoms with Gasteiger partial charge in [0.05, 0.1) is 12.6 Å². The van der Waals surface area contributed by atoms with Crippen LogP contribution in [0, 0.1) is 0 Å². The molecule has 0 radical (unpaired) electrons. The summed E-state index contributed by atoms with van der Waals surface area (Å²) in [6.07, 6.45) is 1.15. The molecule has 1 atom stereocenters. The van der Waals surface area contributed by atoms with Gasteiger partial charge < -0.3 is 14.9 Å². The van der Waals surface area contributed by atoms with Crippen LogP contribution >= 0.6 is 0 Å². The summed E-state index contributed by atoms with van der Waals surface area (Å²) in [5.74, 6) is 0. The molecule has 1 aromatic rings. The van der Waals surface area contributed by atoms with Gasteiger partial charge in [0.15, 0.2) is 0 Å². The summed E-state index contributed by atoms with van der Waals surface area (Å²) in [5.41, 5.74) is 1.22. The molecule has 2 rings (SSSR count). The van der Waals surface area contributed by atoms with Crippen LogP contribution in [0.15, 0.2) is 30.3 Å². The molecule has 1 aromatic carbocycles. The highest BCUT2D eigenvalue weighted by Crippen LogP contribution is 2.19. The number of para-hydroxylation sites is 1. The molecule has 3 nitrogen and oxygen atoms in total. The fourth-order valence-corrected chi connectivity index (χ4v) is 2.36. The Morgan fingerprint density at radius 1 is 1.25 bits per heavy atom. The molecule has 1 fully saturated rings. The van der Waals surface area contributed by atoms with E-state index in [9.17, 15) is 5.11 Å². The van der Waals surface area contributed by atoms with Crippen LogP contribution in [-0.2, 0) is 0 Å². The molecule has 1 aliphatic rings. The average Bonchev–Trinajstić information content (AvgIpc) is 2.51. The zero-order chi connectivity index (χ0) is 11.4. The molecule has 0 amide bonds. The van der Waals surface area contributed by atoms with Crippen molar-refractivity contribution in [3.63, 3.8) is 0 Å². The van der Waals surface area contributed by atoms with Crippen molar-refractivity contribution in [1.82, 2.24) is 4.90 Å². The first kappa shape index (κ1) is 11.4. The van der Waals surface area contributed by atoms with E-state index in [2.05, 4.69) is 41.1 Å². The number of hydrogen-bond donors (Lipinski definition) is 1. The van der Waals surface area contributed by atoms with Crippen LogP contribution in [0.2, 0.25) is 0 Å². The molecule has 1 heterocycles. The minimum absolute atomic E-state index is 0.217. The number of nitrogens with zero attached hydrogens (tertiary/aromatic N) is 2. The van der Waals surface area contributed by atoms with Crippen LogP contribution in [0.5, 0.6) is 0 Å². The van der Waals surface area contributed by atoms with E-state index in [0.29, 0.717) is 0 Å². The maximum absolute atomic E-state index is 9.50. The molecule has 3 heteroatoms. The van der Waals surface area contributed by atoms with Crippen LogP contribution in [0.4, 0.5) is 5.69 Å². The van der Waals surface area contributed by atoms with Gasteiger partial charge in [0, 0.05) is 18.8 Å². The zero-order valence-corrected chi connectivity index (χ0v) is 9.84. The van der Waals surface area contributed by atoms with Gasteiger partial charge in [-0.15, -0.1) is 0 Å². The van der Waals surface area contributed by atoms with Crippen LogP contribution < -0.4 is 4.90 Å². The molecule has 88 valence electrons. The van der Waals surface area contributed by atoms with Crippen molar-refractivity contribution >= 4 is 5.69 Å². The predicted octanol–water partition coefficient (Wildman–Crippen LogP) is 1.19. The maximum Gasteiger partial charge on any atom is 0.0647 e. The summed E-state index contributed by atoms with van der Waals surface area (Å²) < 4.78 is 0. The highest BCUT2D eigenvalue weighted by atomic mass is 16.3. The van der Waals surface area contributed by atoms with Crippen molar-refractivity contribution < 1.29 is 5.11 Å². The Morgan fingerprint density at radius 2 is 2.00 bits per heavy atom. The lowest BCUT2D eigenvalue weighted by molar-refractivity contribution is 0.229. The lowest BCUT2D eigenvalue weighted by Crippen LogP contribution is -2.42. The average molecular weight is 220 g/mol. The number of aliphatic hydroxyl groups excluding tert-OH is 1. The molecule has 0 aromatic heterocycles. The monoisotopic (exact) mass is 220 g/mol. The van der Waals surface area contributed by atoms with Crippen molar-refractivity contribution in [2.24, 2.45) is 0 Å². The van der Waals surface area contributed by atoms with E-state index in [1.54, 1.807) is 0 Å². The number of benzene rings is 1. The molecular weight excluding hydrogens is 200 g/mol. The number of hydrogen-bond acceptors (Lipinski definition) is 3. The first-order valence-electron chi connectivity index (χ1n) is 5.92. The molecule has 1 saturated heterocycles. The predicted molar refractivity (Wildman–Crippen MR) is 66.8 cm³/mol. The molecule has 1 N–H and O–H groups in total. The van der Waals surface area contributed by atoms with Gasteiger partial charge in [-0.1, -0.05) is 18.2 Å². The van der Waals surface area contributed by atoms with Crippen molar-refractivity contribution in [2.45, 2.75) is 12.5 Å². The first-order chi connectivity index (χ1) is 7.81. The van der Waals surface area contributed by atoms with Crippen LogP contribution in [0.1, 0.15) is 6.42 Å². The summed E-state index contributed by atoms with van der Waals surface area (Å²) >= 11 is 0. The quantitative estimate of drug-likeness (QED) is 0.811. The van der Waals surface area contributed by atoms with E-state index in [1.165, 1.54) is 5.69 Å². The third kappa shape index (κ3) is 2.54. The van der Waals surface area contributed by atoms with E-state index in [4.69, 9.17) is 0 Å². The molecule has 0 saturated carbocycles. The fourth-order valence-electron chi connectivity index (χ4n) is 2.36. The molecule has 1 unspecified atom stereocenters. The second kappa shape index (κ2) is 5.32. The molecule has 0 spiro atoms. The van der Waals surface area contributed by atoms with Crippen molar-refractivity contribution in [2.75, 3.05) is 38.2 Å². The SMILES string of the molecule is CN1CCCN(c2ccccc2)C(CO)C1. The largest absolute Gasteiger partial charge is 0.394 e. The summed E-state index contributed by atoms with van der Waals surface area (Å²) in [5, 5.41) is 9.50. The third-order valence-corrected chi connectivity index (χ3v) is 3.20. The normalized spacial score (nSPS) is 23.1. The van der Waals surface area contributed by atoms with E-state index < -0.39 is 0 Å². The van der Waals surface area contributed by atoms with E-state index in [0.717, 1.165) is 26.1 Å². The zero-order valence-electron chi connectivity index (χ0n) is 9.84. The van der Waals surface area contributed by atoms with Crippen LogP contribution in [0.3, 0.4) is 0 Å².